The third kappa shape index (κ3) is 1.27. The molecule has 0 amide bonds. The first-order valence-electron chi connectivity index (χ1n) is 3.71. The molecule has 0 unspecified atom stereocenters. The van der Waals surface area contributed by atoms with Crippen molar-refractivity contribution in [2.45, 2.75) is 0 Å². The van der Waals surface area contributed by atoms with Crippen LogP contribution in [-0.4, -0.2) is 4.92 Å². The van der Waals surface area contributed by atoms with Crippen molar-refractivity contribution in [1.82, 2.24) is 0 Å². The van der Waals surface area contributed by atoms with Gasteiger partial charge in [0.1, 0.15) is 4.70 Å². The highest BCUT2D eigenvalue weighted by Crippen LogP contribution is 2.39. The van der Waals surface area contributed by atoms with Gasteiger partial charge in [0.15, 0.2) is 0 Å². The van der Waals surface area contributed by atoms with Crippen LogP contribution in [0.15, 0.2) is 22.0 Å². The van der Waals surface area contributed by atoms with Crippen LogP contribution in [0.2, 0.25) is 0 Å². The summed E-state index contributed by atoms with van der Waals surface area (Å²) >= 11 is 4.44. The predicted molar refractivity (Wildman–Crippen MR) is 60.6 cm³/mol. The summed E-state index contributed by atoms with van der Waals surface area (Å²) in [5.41, 5.74) is 6.34. The summed E-state index contributed by atoms with van der Waals surface area (Å²) in [5.74, 6) is 0. The lowest BCUT2D eigenvalue weighted by Gasteiger charge is -1.96. The molecule has 0 bridgehead atoms. The van der Waals surface area contributed by atoms with Crippen molar-refractivity contribution in [3.05, 3.63) is 32.1 Å². The fourth-order valence-electron chi connectivity index (χ4n) is 1.25. The number of thiophene rings is 1. The van der Waals surface area contributed by atoms with E-state index in [1.807, 2.05) is 0 Å². The van der Waals surface area contributed by atoms with Crippen LogP contribution in [0.4, 0.5) is 11.4 Å². The van der Waals surface area contributed by atoms with Crippen molar-refractivity contribution >= 4 is 48.7 Å². The molecule has 1 aromatic carbocycles. The van der Waals surface area contributed by atoms with Crippen molar-refractivity contribution in [3.8, 4) is 0 Å². The van der Waals surface area contributed by atoms with E-state index in [2.05, 4.69) is 15.9 Å². The van der Waals surface area contributed by atoms with Gasteiger partial charge < -0.3 is 5.73 Å². The summed E-state index contributed by atoms with van der Waals surface area (Å²) < 4.78 is 1.10. The number of nitrogens with two attached hydrogens (primary N) is 1. The van der Waals surface area contributed by atoms with Gasteiger partial charge in [-0.25, -0.2) is 0 Å². The summed E-state index contributed by atoms with van der Waals surface area (Å²) in [6.45, 7) is 0. The van der Waals surface area contributed by atoms with Gasteiger partial charge >= 0.3 is 5.69 Å². The Bertz CT molecular complexity index is 523. The predicted octanol–water partition coefficient (Wildman–Crippen LogP) is 3.15. The summed E-state index contributed by atoms with van der Waals surface area (Å²) in [6, 6.07) is 3.42. The van der Waals surface area contributed by atoms with Crippen LogP contribution in [0.5, 0.6) is 0 Å². The molecule has 2 N–H and O–H groups in total. The molecule has 0 fully saturated rings. The number of nitro groups is 1. The average Bonchev–Trinajstić information content (AvgIpc) is 2.47. The molecule has 1 heterocycles. The van der Waals surface area contributed by atoms with E-state index in [9.17, 15) is 10.1 Å². The van der Waals surface area contributed by atoms with Crippen LogP contribution in [-0.2, 0) is 0 Å². The minimum Gasteiger partial charge on any atom is -0.398 e. The van der Waals surface area contributed by atoms with E-state index < -0.39 is 4.92 Å². The first-order chi connectivity index (χ1) is 6.61. The number of nitro benzene ring substituents is 1. The number of nitrogen functional groups attached to an aromatic ring is 1. The van der Waals surface area contributed by atoms with Crippen LogP contribution in [0.25, 0.3) is 10.1 Å². The summed E-state index contributed by atoms with van der Waals surface area (Å²) in [5, 5.41) is 13.2. The summed E-state index contributed by atoms with van der Waals surface area (Å²) in [4.78, 5) is 10.4. The fraction of sp³-hybridized carbons (Fsp3) is 0. The molecule has 0 saturated heterocycles. The molecular formula is C8H5BrN2O2S. The molecular weight excluding hydrogens is 268 g/mol. The van der Waals surface area contributed by atoms with Crippen LogP contribution in [0.1, 0.15) is 0 Å². The Balaban J connectivity index is 2.90. The van der Waals surface area contributed by atoms with Gasteiger partial charge in [-0.15, -0.1) is 11.3 Å². The Labute approximate surface area is 91.6 Å². The minimum atomic E-state index is -0.400. The van der Waals surface area contributed by atoms with Gasteiger partial charge in [-0.1, -0.05) is 0 Å². The zero-order valence-electron chi connectivity index (χ0n) is 6.86. The number of hydrogen-bond acceptors (Lipinski definition) is 4. The van der Waals surface area contributed by atoms with Gasteiger partial charge in [0.05, 0.1) is 15.1 Å². The second-order valence-electron chi connectivity index (χ2n) is 2.72. The number of anilines is 1. The Kier molecular flexibility index (Phi) is 2.16. The maximum Gasteiger partial charge on any atom is 0.301 e. The zero-order chi connectivity index (χ0) is 10.3. The van der Waals surface area contributed by atoms with Gasteiger partial charge in [0.2, 0.25) is 0 Å². The quantitative estimate of drug-likeness (QED) is 0.641. The molecule has 2 aromatic rings. The van der Waals surface area contributed by atoms with Crippen molar-refractivity contribution in [2.24, 2.45) is 0 Å². The van der Waals surface area contributed by atoms with Gasteiger partial charge in [-0.2, -0.15) is 0 Å². The van der Waals surface area contributed by atoms with Crippen molar-refractivity contribution < 1.29 is 4.92 Å². The number of hydrogen-bond donors (Lipinski definition) is 1. The van der Waals surface area contributed by atoms with Crippen molar-refractivity contribution in [2.75, 3.05) is 5.73 Å². The number of rotatable bonds is 1. The summed E-state index contributed by atoms with van der Waals surface area (Å²) in [6.07, 6.45) is 0. The van der Waals surface area contributed by atoms with E-state index in [0.29, 0.717) is 14.9 Å². The van der Waals surface area contributed by atoms with E-state index in [1.165, 1.54) is 11.3 Å². The monoisotopic (exact) mass is 272 g/mol. The Morgan fingerprint density at radius 1 is 1.50 bits per heavy atom. The summed E-state index contributed by atoms with van der Waals surface area (Å²) in [7, 11) is 0. The molecule has 0 aliphatic rings. The molecule has 0 atom stereocenters. The first-order valence-corrected chi connectivity index (χ1v) is 5.38. The van der Waals surface area contributed by atoms with Crippen molar-refractivity contribution in [3.63, 3.8) is 0 Å². The zero-order valence-corrected chi connectivity index (χ0v) is 9.26. The van der Waals surface area contributed by atoms with Crippen LogP contribution in [0, 0.1) is 10.1 Å². The highest BCUT2D eigenvalue weighted by atomic mass is 79.9. The van der Waals surface area contributed by atoms with E-state index >= 15 is 0 Å². The van der Waals surface area contributed by atoms with Crippen LogP contribution < -0.4 is 5.73 Å². The molecule has 72 valence electrons. The van der Waals surface area contributed by atoms with E-state index in [0.717, 1.165) is 5.39 Å². The Morgan fingerprint density at radius 2 is 2.21 bits per heavy atom. The third-order valence-corrected chi connectivity index (χ3v) is 3.54. The highest BCUT2D eigenvalue weighted by Gasteiger charge is 2.18. The lowest BCUT2D eigenvalue weighted by molar-refractivity contribution is -0.383. The molecule has 0 aliphatic carbocycles. The molecule has 2 rings (SSSR count). The molecule has 1 aromatic heterocycles. The Morgan fingerprint density at radius 3 is 2.86 bits per heavy atom. The van der Waals surface area contributed by atoms with Crippen molar-refractivity contribution in [1.29, 1.82) is 0 Å². The van der Waals surface area contributed by atoms with Crippen LogP contribution in [0.3, 0.4) is 0 Å². The number of benzene rings is 1. The topological polar surface area (TPSA) is 69.2 Å². The lowest BCUT2D eigenvalue weighted by Crippen LogP contribution is -1.89. The average molecular weight is 273 g/mol. The fourth-order valence-corrected chi connectivity index (χ4v) is 2.84. The second-order valence-corrected chi connectivity index (χ2v) is 4.45. The molecule has 14 heavy (non-hydrogen) atoms. The first kappa shape index (κ1) is 9.42. The van der Waals surface area contributed by atoms with E-state index in [1.54, 1.807) is 17.5 Å². The molecule has 0 radical (unpaired) electrons. The molecule has 4 nitrogen and oxygen atoms in total. The second kappa shape index (κ2) is 3.21. The third-order valence-electron chi connectivity index (χ3n) is 1.88. The van der Waals surface area contributed by atoms with Gasteiger partial charge in [0, 0.05) is 10.8 Å². The molecule has 6 heteroatoms. The largest absolute Gasteiger partial charge is 0.398 e. The smallest absolute Gasteiger partial charge is 0.301 e. The number of nitrogens with zero attached hydrogens (tertiary/aromatic N) is 1. The molecule has 0 spiro atoms. The maximum absolute atomic E-state index is 10.8. The number of halogens is 1. The standard InChI is InChI=1S/C8H5BrN2O2S/c9-5-2-1-4-6(10)3-14-8(4)7(5)11(12)13/h1-3H,10H2. The molecule has 0 aliphatic heterocycles. The maximum atomic E-state index is 10.8. The highest BCUT2D eigenvalue weighted by molar-refractivity contribution is 9.10. The SMILES string of the molecule is Nc1csc2c([N+](=O)[O-])c(Br)ccc12. The van der Waals surface area contributed by atoms with E-state index in [-0.39, 0.29) is 5.69 Å². The molecule has 0 saturated carbocycles. The normalized spacial score (nSPS) is 10.6. The minimum absolute atomic E-state index is 0.0872. The van der Waals surface area contributed by atoms with E-state index in [4.69, 9.17) is 5.73 Å². The Hall–Kier alpha value is -1.14. The lowest BCUT2D eigenvalue weighted by atomic mass is 10.2. The van der Waals surface area contributed by atoms with Crippen LogP contribution >= 0.6 is 27.3 Å². The van der Waals surface area contributed by atoms with Gasteiger partial charge in [-0.3, -0.25) is 10.1 Å². The van der Waals surface area contributed by atoms with Gasteiger partial charge in [-0.05, 0) is 28.1 Å². The van der Waals surface area contributed by atoms with Gasteiger partial charge in [0.25, 0.3) is 0 Å². The number of fused-ring (bicyclic) bond motifs is 1.